The molecule has 2 rings (SSSR count). The highest BCUT2D eigenvalue weighted by atomic mass is 16.5. The fraction of sp³-hybridized carbons (Fsp3) is 0.667. The minimum absolute atomic E-state index is 0.390. The lowest BCUT2D eigenvalue weighted by molar-refractivity contribution is 0.0275. The van der Waals surface area contributed by atoms with E-state index in [1.165, 1.54) is 32.1 Å². The zero-order chi connectivity index (χ0) is 15.0. The fourth-order valence-electron chi connectivity index (χ4n) is 3.23. The third kappa shape index (κ3) is 5.42. The quantitative estimate of drug-likeness (QED) is 0.734. The third-order valence-corrected chi connectivity index (χ3v) is 4.72. The lowest BCUT2D eigenvalue weighted by atomic mass is 9.83. The van der Waals surface area contributed by atoms with Crippen LogP contribution in [0, 0.1) is 5.41 Å². The van der Waals surface area contributed by atoms with Gasteiger partial charge >= 0.3 is 0 Å². The zero-order valence-corrected chi connectivity index (χ0v) is 13.2. The van der Waals surface area contributed by atoms with Crippen LogP contribution in [0.25, 0.3) is 0 Å². The first-order chi connectivity index (χ1) is 10.2. The van der Waals surface area contributed by atoms with Crippen molar-refractivity contribution in [3.63, 3.8) is 0 Å². The van der Waals surface area contributed by atoms with Crippen LogP contribution in [-0.2, 0) is 11.3 Å². The fourth-order valence-corrected chi connectivity index (χ4v) is 3.23. The number of aliphatic hydroxyl groups excluding tert-OH is 1. The SMILES string of the molecule is CCC1(CNCC(O)COCc2ccccc2)CCCC1. The van der Waals surface area contributed by atoms with Crippen LogP contribution < -0.4 is 5.32 Å². The van der Waals surface area contributed by atoms with E-state index in [1.54, 1.807) is 0 Å². The highest BCUT2D eigenvalue weighted by molar-refractivity contribution is 5.13. The Hall–Kier alpha value is -0.900. The van der Waals surface area contributed by atoms with Crippen molar-refractivity contribution in [3.05, 3.63) is 35.9 Å². The van der Waals surface area contributed by atoms with Crippen molar-refractivity contribution < 1.29 is 9.84 Å². The highest BCUT2D eigenvalue weighted by Gasteiger charge is 2.31. The van der Waals surface area contributed by atoms with Crippen LogP contribution in [0.2, 0.25) is 0 Å². The van der Waals surface area contributed by atoms with Gasteiger partial charge in [-0.05, 0) is 30.2 Å². The van der Waals surface area contributed by atoms with E-state index in [0.717, 1.165) is 12.1 Å². The summed E-state index contributed by atoms with van der Waals surface area (Å²) in [5, 5.41) is 13.4. The molecule has 1 aliphatic rings. The molecule has 2 N–H and O–H groups in total. The van der Waals surface area contributed by atoms with Crippen LogP contribution in [0.4, 0.5) is 0 Å². The first-order valence-corrected chi connectivity index (χ1v) is 8.24. The molecule has 118 valence electrons. The van der Waals surface area contributed by atoms with Crippen LogP contribution in [0.15, 0.2) is 30.3 Å². The molecule has 3 nitrogen and oxygen atoms in total. The first kappa shape index (κ1) is 16.5. The van der Waals surface area contributed by atoms with Gasteiger partial charge in [0.05, 0.1) is 19.3 Å². The van der Waals surface area contributed by atoms with Gasteiger partial charge in [-0.15, -0.1) is 0 Å². The van der Waals surface area contributed by atoms with Crippen LogP contribution in [-0.4, -0.2) is 30.9 Å². The zero-order valence-electron chi connectivity index (χ0n) is 13.2. The predicted octanol–water partition coefficient (Wildman–Crippen LogP) is 3.12. The maximum absolute atomic E-state index is 9.97. The topological polar surface area (TPSA) is 41.5 Å². The molecule has 1 aromatic carbocycles. The Bertz CT molecular complexity index is 387. The maximum Gasteiger partial charge on any atom is 0.0897 e. The van der Waals surface area contributed by atoms with Gasteiger partial charge in [-0.1, -0.05) is 50.1 Å². The minimum Gasteiger partial charge on any atom is -0.389 e. The van der Waals surface area contributed by atoms with Crippen LogP contribution >= 0.6 is 0 Å². The van der Waals surface area contributed by atoms with Gasteiger partial charge in [0.2, 0.25) is 0 Å². The lowest BCUT2D eigenvalue weighted by Gasteiger charge is -2.28. The molecule has 1 aromatic rings. The summed E-state index contributed by atoms with van der Waals surface area (Å²) in [6.45, 7) is 4.89. The summed E-state index contributed by atoms with van der Waals surface area (Å²) in [7, 11) is 0. The van der Waals surface area contributed by atoms with E-state index in [1.807, 2.05) is 30.3 Å². The third-order valence-electron chi connectivity index (χ3n) is 4.72. The van der Waals surface area contributed by atoms with Crippen molar-refractivity contribution in [2.45, 2.75) is 51.7 Å². The number of benzene rings is 1. The number of nitrogens with one attached hydrogen (secondary N) is 1. The second-order valence-corrected chi connectivity index (χ2v) is 6.35. The number of ether oxygens (including phenoxy) is 1. The summed E-state index contributed by atoms with van der Waals surface area (Å²) in [5.74, 6) is 0. The molecule has 1 fully saturated rings. The number of rotatable bonds is 9. The standard InChI is InChI=1S/C18H29NO2/c1-2-18(10-6-7-11-18)15-19-12-17(20)14-21-13-16-8-4-3-5-9-16/h3-5,8-9,17,19-20H,2,6-7,10-15H2,1H3. The molecular weight excluding hydrogens is 262 g/mol. The molecule has 1 atom stereocenters. The average molecular weight is 291 g/mol. The molecule has 0 saturated heterocycles. The van der Waals surface area contributed by atoms with Gasteiger partial charge in [-0.25, -0.2) is 0 Å². The highest BCUT2D eigenvalue weighted by Crippen LogP contribution is 2.40. The van der Waals surface area contributed by atoms with Gasteiger partial charge in [0.25, 0.3) is 0 Å². The largest absolute Gasteiger partial charge is 0.389 e. The summed E-state index contributed by atoms with van der Waals surface area (Å²) in [6, 6.07) is 10.1. The van der Waals surface area contributed by atoms with E-state index in [-0.39, 0.29) is 0 Å². The van der Waals surface area contributed by atoms with Gasteiger partial charge in [-0.3, -0.25) is 0 Å². The smallest absolute Gasteiger partial charge is 0.0897 e. The second-order valence-electron chi connectivity index (χ2n) is 6.35. The summed E-state index contributed by atoms with van der Waals surface area (Å²) in [6.07, 6.45) is 6.19. The summed E-state index contributed by atoms with van der Waals surface area (Å²) < 4.78 is 5.57. The number of aliphatic hydroxyl groups is 1. The molecule has 0 radical (unpaired) electrons. The molecule has 0 bridgehead atoms. The van der Waals surface area contributed by atoms with E-state index in [4.69, 9.17) is 4.74 Å². The Balaban J connectivity index is 1.58. The number of hydrogen-bond acceptors (Lipinski definition) is 3. The van der Waals surface area contributed by atoms with Crippen molar-refractivity contribution in [2.75, 3.05) is 19.7 Å². The Morgan fingerprint density at radius 1 is 1.24 bits per heavy atom. The van der Waals surface area contributed by atoms with E-state index in [9.17, 15) is 5.11 Å². The number of hydrogen-bond donors (Lipinski definition) is 2. The van der Waals surface area contributed by atoms with Gasteiger partial charge in [0.1, 0.15) is 0 Å². The molecule has 0 heterocycles. The molecule has 1 saturated carbocycles. The Morgan fingerprint density at radius 3 is 2.62 bits per heavy atom. The average Bonchev–Trinajstić information content (AvgIpc) is 2.98. The van der Waals surface area contributed by atoms with E-state index in [2.05, 4.69) is 12.2 Å². The van der Waals surface area contributed by atoms with Gasteiger partial charge in [0, 0.05) is 13.1 Å². The van der Waals surface area contributed by atoms with Crippen molar-refractivity contribution in [1.29, 1.82) is 0 Å². The van der Waals surface area contributed by atoms with Gasteiger partial charge in [-0.2, -0.15) is 0 Å². The van der Waals surface area contributed by atoms with E-state index < -0.39 is 6.10 Å². The molecule has 3 heteroatoms. The minimum atomic E-state index is -0.427. The van der Waals surface area contributed by atoms with Crippen LogP contribution in [0.3, 0.4) is 0 Å². The first-order valence-electron chi connectivity index (χ1n) is 8.24. The van der Waals surface area contributed by atoms with Crippen molar-refractivity contribution in [2.24, 2.45) is 5.41 Å². The van der Waals surface area contributed by atoms with Crippen LogP contribution in [0.1, 0.15) is 44.6 Å². The van der Waals surface area contributed by atoms with Crippen LogP contribution in [0.5, 0.6) is 0 Å². The Kier molecular flexibility index (Phi) is 6.68. The summed E-state index contributed by atoms with van der Waals surface area (Å²) >= 11 is 0. The van der Waals surface area contributed by atoms with Crippen molar-refractivity contribution in [1.82, 2.24) is 5.32 Å². The summed E-state index contributed by atoms with van der Waals surface area (Å²) in [4.78, 5) is 0. The predicted molar refractivity (Wildman–Crippen MR) is 86.2 cm³/mol. The Morgan fingerprint density at radius 2 is 1.95 bits per heavy atom. The van der Waals surface area contributed by atoms with Gasteiger partial charge in [0.15, 0.2) is 0 Å². The van der Waals surface area contributed by atoms with Gasteiger partial charge < -0.3 is 15.2 Å². The van der Waals surface area contributed by atoms with E-state index in [0.29, 0.717) is 25.2 Å². The lowest BCUT2D eigenvalue weighted by Crippen LogP contribution is -2.37. The molecule has 1 aliphatic carbocycles. The summed E-state index contributed by atoms with van der Waals surface area (Å²) in [5.41, 5.74) is 1.62. The monoisotopic (exact) mass is 291 g/mol. The van der Waals surface area contributed by atoms with Crippen molar-refractivity contribution in [3.8, 4) is 0 Å². The molecule has 0 aliphatic heterocycles. The molecule has 21 heavy (non-hydrogen) atoms. The van der Waals surface area contributed by atoms with E-state index >= 15 is 0 Å². The van der Waals surface area contributed by atoms with Crippen molar-refractivity contribution >= 4 is 0 Å². The molecule has 0 amide bonds. The molecular formula is C18H29NO2. The second kappa shape index (κ2) is 8.52. The maximum atomic E-state index is 9.97. The molecule has 0 spiro atoms. The molecule has 1 unspecified atom stereocenters. The normalized spacial score (nSPS) is 18.8. The Labute approximate surface area is 128 Å². The molecule has 0 aromatic heterocycles.